The highest BCUT2D eigenvalue weighted by atomic mass is 32.2. The van der Waals surface area contributed by atoms with Crippen LogP contribution in [0.25, 0.3) is 0 Å². The maximum absolute atomic E-state index is 13.1. The summed E-state index contributed by atoms with van der Waals surface area (Å²) in [6.07, 6.45) is 1.70. The third kappa shape index (κ3) is 6.06. The molecule has 34 heavy (non-hydrogen) atoms. The molecule has 10 heteroatoms. The van der Waals surface area contributed by atoms with E-state index in [2.05, 4.69) is 5.32 Å². The van der Waals surface area contributed by atoms with Crippen LogP contribution in [-0.4, -0.2) is 58.0 Å². The fraction of sp³-hybridized carbons (Fsp3) is 0.417. The molecule has 1 amide bonds. The number of nitrogens with one attached hydrogen (secondary N) is 1. The van der Waals surface area contributed by atoms with Crippen LogP contribution in [0.5, 0.6) is 11.5 Å². The molecule has 1 N–H and O–H groups in total. The van der Waals surface area contributed by atoms with Crippen molar-refractivity contribution in [1.82, 2.24) is 9.62 Å². The number of hydrogen-bond donors (Lipinski definition) is 1. The van der Waals surface area contributed by atoms with Gasteiger partial charge >= 0.3 is 5.97 Å². The summed E-state index contributed by atoms with van der Waals surface area (Å²) in [5, 5.41) is 2.67. The Morgan fingerprint density at radius 2 is 1.74 bits per heavy atom. The van der Waals surface area contributed by atoms with E-state index in [1.54, 1.807) is 30.3 Å². The standard InChI is InChI=1S/C24H30N2O7S/c1-17-7-10-19(11-8-17)34(29,30)26-13-5-4-6-20(26)24(28)33-16-23(27)25-15-18-9-12-21(31-2)22(14-18)32-3/h7-12,14,20H,4-6,13,15-16H2,1-3H3,(H,25,27). The molecule has 184 valence electrons. The van der Waals surface area contributed by atoms with Crippen LogP contribution in [0.2, 0.25) is 0 Å². The number of ether oxygens (including phenoxy) is 3. The zero-order valence-corrected chi connectivity index (χ0v) is 20.4. The molecule has 1 saturated heterocycles. The third-order valence-corrected chi connectivity index (χ3v) is 7.56. The van der Waals surface area contributed by atoms with Crippen LogP contribution >= 0.6 is 0 Å². The van der Waals surface area contributed by atoms with Crippen molar-refractivity contribution >= 4 is 21.9 Å². The first kappa shape index (κ1) is 25.5. The average molecular weight is 491 g/mol. The molecule has 1 unspecified atom stereocenters. The Labute approximate surface area is 200 Å². The number of nitrogens with zero attached hydrogens (tertiary/aromatic N) is 1. The van der Waals surface area contributed by atoms with E-state index in [4.69, 9.17) is 14.2 Å². The van der Waals surface area contributed by atoms with E-state index < -0.39 is 34.5 Å². The molecular weight excluding hydrogens is 460 g/mol. The van der Waals surface area contributed by atoms with Crippen molar-refractivity contribution in [2.24, 2.45) is 0 Å². The lowest BCUT2D eigenvalue weighted by atomic mass is 10.1. The molecule has 2 aromatic rings. The molecule has 1 aliphatic rings. The van der Waals surface area contributed by atoms with E-state index in [1.807, 2.05) is 6.92 Å². The van der Waals surface area contributed by atoms with Gasteiger partial charge in [-0.1, -0.05) is 23.8 Å². The van der Waals surface area contributed by atoms with Crippen molar-refractivity contribution in [1.29, 1.82) is 0 Å². The van der Waals surface area contributed by atoms with Crippen molar-refractivity contribution in [3.63, 3.8) is 0 Å². The Morgan fingerprint density at radius 3 is 2.41 bits per heavy atom. The van der Waals surface area contributed by atoms with Gasteiger partial charge < -0.3 is 19.5 Å². The summed E-state index contributed by atoms with van der Waals surface area (Å²) >= 11 is 0. The molecular formula is C24H30N2O7S. The number of aryl methyl sites for hydroxylation is 1. The zero-order valence-electron chi connectivity index (χ0n) is 19.6. The molecule has 1 atom stereocenters. The number of amides is 1. The van der Waals surface area contributed by atoms with E-state index in [9.17, 15) is 18.0 Å². The lowest BCUT2D eigenvalue weighted by Crippen LogP contribution is -2.49. The number of methoxy groups -OCH3 is 2. The first-order valence-corrected chi connectivity index (χ1v) is 12.4. The van der Waals surface area contributed by atoms with Gasteiger partial charge in [0.1, 0.15) is 6.04 Å². The Morgan fingerprint density at radius 1 is 1.03 bits per heavy atom. The normalized spacial score (nSPS) is 16.5. The minimum atomic E-state index is -3.86. The molecule has 0 aromatic heterocycles. The average Bonchev–Trinajstić information content (AvgIpc) is 2.86. The topological polar surface area (TPSA) is 111 Å². The van der Waals surface area contributed by atoms with E-state index in [-0.39, 0.29) is 18.0 Å². The minimum Gasteiger partial charge on any atom is -0.493 e. The van der Waals surface area contributed by atoms with E-state index >= 15 is 0 Å². The van der Waals surface area contributed by atoms with Crippen molar-refractivity contribution in [3.05, 3.63) is 53.6 Å². The van der Waals surface area contributed by atoms with Gasteiger partial charge in [-0.05, 0) is 56.0 Å². The maximum Gasteiger partial charge on any atom is 0.324 e. The van der Waals surface area contributed by atoms with Gasteiger partial charge in [-0.3, -0.25) is 9.59 Å². The Balaban J connectivity index is 1.58. The molecule has 0 bridgehead atoms. The Bertz CT molecular complexity index is 1120. The molecule has 1 heterocycles. The predicted octanol–water partition coefficient (Wildman–Crippen LogP) is 2.42. The van der Waals surface area contributed by atoms with Gasteiger partial charge in [0.05, 0.1) is 19.1 Å². The van der Waals surface area contributed by atoms with Crippen LogP contribution in [0.15, 0.2) is 47.4 Å². The van der Waals surface area contributed by atoms with Crippen molar-refractivity contribution < 1.29 is 32.2 Å². The highest BCUT2D eigenvalue weighted by molar-refractivity contribution is 7.89. The summed E-state index contributed by atoms with van der Waals surface area (Å²) in [6, 6.07) is 10.8. The fourth-order valence-electron chi connectivity index (χ4n) is 3.75. The van der Waals surface area contributed by atoms with E-state index in [0.29, 0.717) is 30.8 Å². The minimum absolute atomic E-state index is 0.130. The molecule has 0 saturated carbocycles. The summed E-state index contributed by atoms with van der Waals surface area (Å²) in [7, 11) is -0.804. The smallest absolute Gasteiger partial charge is 0.324 e. The van der Waals surface area contributed by atoms with Crippen molar-refractivity contribution in [2.75, 3.05) is 27.4 Å². The van der Waals surface area contributed by atoms with E-state index in [0.717, 1.165) is 11.1 Å². The Hall–Kier alpha value is -3.11. The quantitative estimate of drug-likeness (QED) is 0.538. The fourth-order valence-corrected chi connectivity index (χ4v) is 5.40. The highest BCUT2D eigenvalue weighted by Crippen LogP contribution is 2.28. The van der Waals surface area contributed by atoms with Gasteiger partial charge in [-0.2, -0.15) is 4.31 Å². The predicted molar refractivity (Wildman–Crippen MR) is 125 cm³/mol. The first-order valence-electron chi connectivity index (χ1n) is 11.0. The zero-order chi connectivity index (χ0) is 24.7. The first-order chi connectivity index (χ1) is 16.3. The van der Waals surface area contributed by atoms with E-state index in [1.165, 1.54) is 30.7 Å². The Kier molecular flexibility index (Phi) is 8.51. The summed E-state index contributed by atoms with van der Waals surface area (Å²) in [5.41, 5.74) is 1.72. The number of carbonyl (C=O) groups is 2. The molecule has 1 aliphatic heterocycles. The van der Waals surface area contributed by atoms with Crippen molar-refractivity contribution in [3.8, 4) is 11.5 Å². The van der Waals surface area contributed by atoms with Crippen LogP contribution in [0.4, 0.5) is 0 Å². The van der Waals surface area contributed by atoms with Gasteiger partial charge in [-0.15, -0.1) is 0 Å². The van der Waals surface area contributed by atoms with Gasteiger partial charge in [0.15, 0.2) is 18.1 Å². The van der Waals surface area contributed by atoms with Crippen LogP contribution in [0.1, 0.15) is 30.4 Å². The molecule has 1 fully saturated rings. The highest BCUT2D eigenvalue weighted by Gasteiger charge is 2.38. The summed E-state index contributed by atoms with van der Waals surface area (Å²) in [6.45, 7) is 1.80. The number of hydrogen-bond acceptors (Lipinski definition) is 7. The van der Waals surface area contributed by atoms with Gasteiger partial charge in [0, 0.05) is 13.1 Å². The largest absolute Gasteiger partial charge is 0.493 e. The molecule has 3 rings (SSSR count). The number of carbonyl (C=O) groups excluding carboxylic acids is 2. The number of benzene rings is 2. The van der Waals surface area contributed by atoms with Crippen molar-refractivity contribution in [2.45, 2.75) is 43.7 Å². The summed E-state index contributed by atoms with van der Waals surface area (Å²) in [5.74, 6) is -0.111. The van der Waals surface area contributed by atoms with Crippen LogP contribution in [0.3, 0.4) is 0 Å². The number of piperidine rings is 1. The molecule has 0 aliphatic carbocycles. The second kappa shape index (κ2) is 11.3. The summed E-state index contributed by atoms with van der Waals surface area (Å²) in [4.78, 5) is 25.1. The molecule has 0 radical (unpaired) electrons. The lowest BCUT2D eigenvalue weighted by Gasteiger charge is -2.33. The van der Waals surface area contributed by atoms with Gasteiger partial charge in [-0.25, -0.2) is 8.42 Å². The number of rotatable bonds is 9. The van der Waals surface area contributed by atoms with Crippen LogP contribution in [0, 0.1) is 6.92 Å². The van der Waals surface area contributed by atoms with Crippen LogP contribution < -0.4 is 14.8 Å². The van der Waals surface area contributed by atoms with Gasteiger partial charge in [0.25, 0.3) is 5.91 Å². The third-order valence-electron chi connectivity index (χ3n) is 5.64. The number of sulfonamides is 1. The summed E-state index contributed by atoms with van der Waals surface area (Å²) < 4.78 is 43.1. The second-order valence-corrected chi connectivity index (χ2v) is 9.90. The molecule has 9 nitrogen and oxygen atoms in total. The monoisotopic (exact) mass is 490 g/mol. The SMILES string of the molecule is COc1ccc(CNC(=O)COC(=O)C2CCCCN2S(=O)(=O)c2ccc(C)cc2)cc1OC. The number of esters is 1. The second-order valence-electron chi connectivity index (χ2n) is 8.01. The maximum atomic E-state index is 13.1. The lowest BCUT2D eigenvalue weighted by molar-refractivity contribution is -0.153. The van der Waals surface area contributed by atoms with Crippen LogP contribution in [-0.2, 0) is 30.9 Å². The van der Waals surface area contributed by atoms with Gasteiger partial charge in [0.2, 0.25) is 10.0 Å². The molecule has 0 spiro atoms. The molecule has 2 aromatic carbocycles.